The zero-order valence-corrected chi connectivity index (χ0v) is 22.9. The molecule has 0 fully saturated rings. The van der Waals surface area contributed by atoms with Gasteiger partial charge in [-0.3, -0.25) is 24.5 Å². The third kappa shape index (κ3) is 6.02. The van der Waals surface area contributed by atoms with Crippen molar-refractivity contribution in [2.75, 3.05) is 15.5 Å². The van der Waals surface area contributed by atoms with E-state index in [2.05, 4.69) is 10.6 Å². The molecule has 0 bridgehead atoms. The molecule has 1 heterocycles. The van der Waals surface area contributed by atoms with Crippen LogP contribution in [0.2, 0.25) is 0 Å². The summed E-state index contributed by atoms with van der Waals surface area (Å²) in [4.78, 5) is 52.1. The lowest BCUT2D eigenvalue weighted by Crippen LogP contribution is -2.32. The molecule has 4 aromatic rings. The SMILES string of the molecule is Cc1ccc(NC2=C(Sc3ccc(NC(=O)c4ccc([N+](=O)[O-])cc4)cc3)C(=O)N(c3ccc(C)cc3)C2=O)cc1. The van der Waals surface area contributed by atoms with Gasteiger partial charge in [0.2, 0.25) is 0 Å². The van der Waals surface area contributed by atoms with Crippen molar-refractivity contribution in [2.24, 2.45) is 0 Å². The van der Waals surface area contributed by atoms with Crippen LogP contribution in [0.4, 0.5) is 22.7 Å². The molecular weight excluding hydrogens is 540 g/mol. The number of imide groups is 1. The molecule has 0 aliphatic carbocycles. The maximum Gasteiger partial charge on any atom is 0.283 e. The van der Waals surface area contributed by atoms with Crippen LogP contribution in [-0.4, -0.2) is 22.6 Å². The van der Waals surface area contributed by atoms with Crippen molar-refractivity contribution in [1.29, 1.82) is 0 Å². The molecular formula is C31H24N4O5S. The molecule has 2 N–H and O–H groups in total. The van der Waals surface area contributed by atoms with Crippen LogP contribution in [0.25, 0.3) is 0 Å². The van der Waals surface area contributed by atoms with E-state index in [1.807, 2.05) is 50.2 Å². The first-order valence-corrected chi connectivity index (χ1v) is 13.4. The molecule has 5 rings (SSSR count). The Morgan fingerprint density at radius 1 is 0.756 bits per heavy atom. The van der Waals surface area contributed by atoms with Gasteiger partial charge in [-0.25, -0.2) is 4.90 Å². The molecule has 10 heteroatoms. The first-order chi connectivity index (χ1) is 19.7. The first kappa shape index (κ1) is 27.4. The zero-order chi connectivity index (χ0) is 29.1. The summed E-state index contributed by atoms with van der Waals surface area (Å²) in [6.45, 7) is 3.89. The van der Waals surface area contributed by atoms with Gasteiger partial charge >= 0.3 is 0 Å². The summed E-state index contributed by atoms with van der Waals surface area (Å²) in [5.41, 5.74) is 4.09. The van der Waals surface area contributed by atoms with Crippen LogP contribution in [0.1, 0.15) is 21.5 Å². The van der Waals surface area contributed by atoms with Crippen molar-refractivity contribution in [3.63, 3.8) is 0 Å². The molecule has 4 aromatic carbocycles. The molecule has 0 saturated carbocycles. The van der Waals surface area contributed by atoms with E-state index in [0.29, 0.717) is 22.0 Å². The summed E-state index contributed by atoms with van der Waals surface area (Å²) in [7, 11) is 0. The monoisotopic (exact) mass is 564 g/mol. The van der Waals surface area contributed by atoms with E-state index < -0.39 is 22.6 Å². The van der Waals surface area contributed by atoms with Gasteiger partial charge in [0.05, 0.1) is 10.6 Å². The second-order valence-electron chi connectivity index (χ2n) is 9.36. The maximum absolute atomic E-state index is 13.6. The van der Waals surface area contributed by atoms with Gasteiger partial charge < -0.3 is 10.6 Å². The highest BCUT2D eigenvalue weighted by Crippen LogP contribution is 2.38. The number of hydrogen-bond acceptors (Lipinski definition) is 7. The quantitative estimate of drug-likeness (QED) is 0.143. The number of carbonyl (C=O) groups is 3. The van der Waals surface area contributed by atoms with E-state index in [9.17, 15) is 24.5 Å². The van der Waals surface area contributed by atoms with Crippen molar-refractivity contribution < 1.29 is 19.3 Å². The Balaban J connectivity index is 1.37. The second-order valence-corrected chi connectivity index (χ2v) is 10.4. The molecule has 204 valence electrons. The fourth-order valence-corrected chi connectivity index (χ4v) is 5.01. The van der Waals surface area contributed by atoms with Gasteiger partial charge in [-0.05, 0) is 74.5 Å². The van der Waals surface area contributed by atoms with E-state index in [-0.39, 0.29) is 21.9 Å². The third-order valence-electron chi connectivity index (χ3n) is 6.33. The highest BCUT2D eigenvalue weighted by atomic mass is 32.2. The van der Waals surface area contributed by atoms with Crippen LogP contribution in [0.5, 0.6) is 0 Å². The van der Waals surface area contributed by atoms with Crippen LogP contribution >= 0.6 is 11.8 Å². The minimum atomic E-state index is -0.530. The molecule has 0 aromatic heterocycles. The number of nitrogens with zero attached hydrogens (tertiary/aromatic N) is 2. The lowest BCUT2D eigenvalue weighted by atomic mass is 10.2. The van der Waals surface area contributed by atoms with Crippen LogP contribution in [-0.2, 0) is 9.59 Å². The fourth-order valence-electron chi connectivity index (χ4n) is 4.09. The Kier molecular flexibility index (Phi) is 7.66. The van der Waals surface area contributed by atoms with Gasteiger partial charge in [-0.2, -0.15) is 0 Å². The maximum atomic E-state index is 13.6. The molecule has 1 aliphatic rings. The number of thioether (sulfide) groups is 1. The van der Waals surface area contributed by atoms with E-state index >= 15 is 0 Å². The number of benzene rings is 4. The lowest BCUT2D eigenvalue weighted by molar-refractivity contribution is -0.384. The number of nitro benzene ring substituents is 1. The Morgan fingerprint density at radius 2 is 1.32 bits per heavy atom. The van der Waals surface area contributed by atoms with Gasteiger partial charge in [0.15, 0.2) is 0 Å². The minimum Gasteiger partial charge on any atom is -0.350 e. The smallest absolute Gasteiger partial charge is 0.283 e. The predicted octanol–water partition coefficient (Wildman–Crippen LogP) is 6.45. The Morgan fingerprint density at radius 3 is 1.90 bits per heavy atom. The number of nitro groups is 1. The molecule has 3 amide bonds. The average molecular weight is 565 g/mol. The largest absolute Gasteiger partial charge is 0.350 e. The number of aryl methyl sites for hydroxylation is 2. The molecule has 0 atom stereocenters. The van der Waals surface area contributed by atoms with Crippen molar-refractivity contribution in [3.8, 4) is 0 Å². The molecule has 41 heavy (non-hydrogen) atoms. The number of carbonyl (C=O) groups excluding carboxylic acids is 3. The number of rotatable bonds is 8. The fraction of sp³-hybridized carbons (Fsp3) is 0.0645. The molecule has 9 nitrogen and oxygen atoms in total. The number of non-ortho nitro benzene ring substituents is 1. The number of amides is 3. The summed E-state index contributed by atoms with van der Waals surface area (Å²) in [6, 6.07) is 26.8. The summed E-state index contributed by atoms with van der Waals surface area (Å²) >= 11 is 1.15. The number of nitrogens with one attached hydrogen (secondary N) is 2. The van der Waals surface area contributed by atoms with Crippen LogP contribution in [0.3, 0.4) is 0 Å². The summed E-state index contributed by atoms with van der Waals surface area (Å²) in [5, 5.41) is 16.7. The Labute approximate surface area is 240 Å². The molecule has 0 unspecified atom stereocenters. The third-order valence-corrected chi connectivity index (χ3v) is 7.42. The van der Waals surface area contributed by atoms with Gasteiger partial charge in [0, 0.05) is 34.0 Å². The second kappa shape index (κ2) is 11.5. The van der Waals surface area contributed by atoms with Crippen molar-refractivity contribution >= 4 is 52.2 Å². The molecule has 0 saturated heterocycles. The molecule has 1 aliphatic heterocycles. The molecule has 0 spiro atoms. The zero-order valence-electron chi connectivity index (χ0n) is 22.1. The average Bonchev–Trinajstić information content (AvgIpc) is 3.19. The Hall–Kier alpha value is -5.22. The van der Waals surface area contributed by atoms with Crippen molar-refractivity contribution in [1.82, 2.24) is 0 Å². The standard InChI is InChI=1S/C31H24N4O5S/c1-19-3-9-22(10-4-19)32-27-28(31(38)34(30(27)37)24-13-5-20(2)6-14-24)41-26-17-11-23(12-18-26)33-29(36)21-7-15-25(16-8-21)35(39)40/h3-18,32H,1-2H3,(H,33,36). The van der Waals surface area contributed by atoms with Crippen LogP contribution < -0.4 is 15.5 Å². The van der Waals surface area contributed by atoms with E-state index in [1.54, 1.807) is 36.4 Å². The van der Waals surface area contributed by atoms with Gasteiger partial charge in [-0.15, -0.1) is 0 Å². The predicted molar refractivity (Wildman–Crippen MR) is 159 cm³/mol. The minimum absolute atomic E-state index is 0.102. The van der Waals surface area contributed by atoms with Gasteiger partial charge in [-0.1, -0.05) is 47.2 Å². The van der Waals surface area contributed by atoms with E-state index in [1.165, 1.54) is 24.3 Å². The van der Waals surface area contributed by atoms with Crippen LogP contribution in [0, 0.1) is 24.0 Å². The number of hydrogen-bond donors (Lipinski definition) is 2. The van der Waals surface area contributed by atoms with E-state index in [4.69, 9.17) is 0 Å². The highest BCUT2D eigenvalue weighted by Gasteiger charge is 2.40. The summed E-state index contributed by atoms with van der Waals surface area (Å²) in [5.74, 6) is -1.30. The topological polar surface area (TPSA) is 122 Å². The van der Waals surface area contributed by atoms with E-state index in [0.717, 1.165) is 27.8 Å². The first-order valence-electron chi connectivity index (χ1n) is 12.6. The number of anilines is 3. The summed E-state index contributed by atoms with van der Waals surface area (Å²) < 4.78 is 0. The Bertz CT molecular complexity index is 1680. The van der Waals surface area contributed by atoms with Crippen LogP contribution in [0.15, 0.2) is 113 Å². The normalized spacial score (nSPS) is 13.0. The van der Waals surface area contributed by atoms with Gasteiger partial charge in [0.25, 0.3) is 23.4 Å². The lowest BCUT2D eigenvalue weighted by Gasteiger charge is -2.15. The van der Waals surface area contributed by atoms with Crippen molar-refractivity contribution in [3.05, 3.63) is 134 Å². The van der Waals surface area contributed by atoms with Crippen molar-refractivity contribution in [2.45, 2.75) is 18.7 Å². The highest BCUT2D eigenvalue weighted by molar-refractivity contribution is 8.04. The van der Waals surface area contributed by atoms with Gasteiger partial charge in [0.1, 0.15) is 10.6 Å². The summed E-state index contributed by atoms with van der Waals surface area (Å²) in [6.07, 6.45) is 0. The molecule has 0 radical (unpaired) electrons.